The lowest BCUT2D eigenvalue weighted by atomic mass is 10.1. The summed E-state index contributed by atoms with van der Waals surface area (Å²) in [6.45, 7) is 1.52. The summed E-state index contributed by atoms with van der Waals surface area (Å²) in [6, 6.07) is 6.66. The monoisotopic (exact) mass is 259 g/mol. The summed E-state index contributed by atoms with van der Waals surface area (Å²) >= 11 is 0. The van der Waals surface area contributed by atoms with Crippen LogP contribution in [0.3, 0.4) is 0 Å². The average molecular weight is 259 g/mol. The Kier molecular flexibility index (Phi) is 3.56. The van der Waals surface area contributed by atoms with Crippen molar-refractivity contribution in [3.05, 3.63) is 36.2 Å². The SMILES string of the molecule is CC(=O)c1ccc(NC(=O)Cn2cnc(N)n2)cc1. The number of amides is 1. The van der Waals surface area contributed by atoms with E-state index in [0.717, 1.165) is 0 Å². The Balaban J connectivity index is 1.97. The van der Waals surface area contributed by atoms with Crippen molar-refractivity contribution in [3.63, 3.8) is 0 Å². The molecule has 0 spiro atoms. The molecule has 1 heterocycles. The van der Waals surface area contributed by atoms with Crippen LogP contribution < -0.4 is 11.1 Å². The zero-order valence-corrected chi connectivity index (χ0v) is 10.3. The minimum Gasteiger partial charge on any atom is -0.367 e. The first-order valence-corrected chi connectivity index (χ1v) is 5.60. The summed E-state index contributed by atoms with van der Waals surface area (Å²) in [6.07, 6.45) is 1.38. The van der Waals surface area contributed by atoms with Gasteiger partial charge in [-0.15, -0.1) is 5.10 Å². The molecule has 0 radical (unpaired) electrons. The number of anilines is 2. The van der Waals surface area contributed by atoms with Gasteiger partial charge in [-0.2, -0.15) is 0 Å². The number of ketones is 1. The van der Waals surface area contributed by atoms with Crippen LogP contribution in [0, 0.1) is 0 Å². The van der Waals surface area contributed by atoms with Crippen molar-refractivity contribution in [3.8, 4) is 0 Å². The third-order valence-electron chi connectivity index (χ3n) is 2.43. The third-order valence-corrected chi connectivity index (χ3v) is 2.43. The van der Waals surface area contributed by atoms with Gasteiger partial charge in [-0.3, -0.25) is 9.59 Å². The van der Waals surface area contributed by atoms with Gasteiger partial charge in [0.05, 0.1) is 0 Å². The van der Waals surface area contributed by atoms with Crippen LogP contribution in [-0.4, -0.2) is 26.5 Å². The molecule has 0 fully saturated rings. The smallest absolute Gasteiger partial charge is 0.246 e. The maximum absolute atomic E-state index is 11.7. The lowest BCUT2D eigenvalue weighted by Crippen LogP contribution is -2.19. The van der Waals surface area contributed by atoms with Crippen LogP contribution in [0.25, 0.3) is 0 Å². The Morgan fingerprint density at radius 3 is 2.53 bits per heavy atom. The van der Waals surface area contributed by atoms with Crippen molar-refractivity contribution in [2.75, 3.05) is 11.1 Å². The fourth-order valence-electron chi connectivity index (χ4n) is 1.52. The van der Waals surface area contributed by atoms with E-state index >= 15 is 0 Å². The van der Waals surface area contributed by atoms with Gasteiger partial charge in [-0.1, -0.05) is 0 Å². The van der Waals surface area contributed by atoms with Gasteiger partial charge in [0.25, 0.3) is 0 Å². The van der Waals surface area contributed by atoms with Crippen LogP contribution >= 0.6 is 0 Å². The van der Waals surface area contributed by atoms with E-state index in [2.05, 4.69) is 15.4 Å². The summed E-state index contributed by atoms with van der Waals surface area (Å²) in [4.78, 5) is 26.5. The van der Waals surface area contributed by atoms with E-state index < -0.39 is 0 Å². The Hall–Kier alpha value is -2.70. The third kappa shape index (κ3) is 3.38. The van der Waals surface area contributed by atoms with E-state index in [4.69, 9.17) is 5.73 Å². The first kappa shape index (κ1) is 12.7. The highest BCUT2D eigenvalue weighted by atomic mass is 16.2. The Morgan fingerprint density at radius 1 is 1.32 bits per heavy atom. The van der Waals surface area contributed by atoms with Crippen LogP contribution in [-0.2, 0) is 11.3 Å². The minimum atomic E-state index is -0.250. The van der Waals surface area contributed by atoms with Gasteiger partial charge >= 0.3 is 0 Å². The lowest BCUT2D eigenvalue weighted by Gasteiger charge is -2.05. The molecule has 0 saturated heterocycles. The van der Waals surface area contributed by atoms with Gasteiger partial charge < -0.3 is 11.1 Å². The van der Waals surface area contributed by atoms with Gasteiger partial charge in [-0.25, -0.2) is 9.67 Å². The van der Waals surface area contributed by atoms with Gasteiger partial charge in [0.2, 0.25) is 11.9 Å². The number of nitrogens with one attached hydrogen (secondary N) is 1. The number of hydrogen-bond acceptors (Lipinski definition) is 5. The second-order valence-corrected chi connectivity index (χ2v) is 3.98. The molecule has 98 valence electrons. The number of nitrogen functional groups attached to an aromatic ring is 1. The minimum absolute atomic E-state index is 0.0176. The van der Waals surface area contributed by atoms with E-state index in [1.165, 1.54) is 17.9 Å². The van der Waals surface area contributed by atoms with E-state index in [1.54, 1.807) is 24.3 Å². The highest BCUT2D eigenvalue weighted by molar-refractivity contribution is 5.95. The highest BCUT2D eigenvalue weighted by Crippen LogP contribution is 2.10. The van der Waals surface area contributed by atoms with Crippen LogP contribution in [0.1, 0.15) is 17.3 Å². The van der Waals surface area contributed by atoms with Crippen molar-refractivity contribution >= 4 is 23.3 Å². The van der Waals surface area contributed by atoms with Crippen LogP contribution in [0.4, 0.5) is 11.6 Å². The number of carbonyl (C=O) groups is 2. The quantitative estimate of drug-likeness (QED) is 0.787. The topological polar surface area (TPSA) is 103 Å². The molecule has 0 unspecified atom stereocenters. The van der Waals surface area contributed by atoms with Crippen LogP contribution in [0.2, 0.25) is 0 Å². The summed E-state index contributed by atoms with van der Waals surface area (Å²) < 4.78 is 1.34. The maximum atomic E-state index is 11.7. The highest BCUT2D eigenvalue weighted by Gasteiger charge is 2.06. The summed E-state index contributed by atoms with van der Waals surface area (Å²) in [5.74, 6) is -0.143. The number of benzene rings is 1. The molecule has 1 aromatic carbocycles. The summed E-state index contributed by atoms with van der Waals surface area (Å²) in [5, 5.41) is 6.49. The zero-order chi connectivity index (χ0) is 13.8. The molecule has 0 bridgehead atoms. The van der Waals surface area contributed by atoms with E-state index in [9.17, 15) is 9.59 Å². The normalized spacial score (nSPS) is 10.2. The zero-order valence-electron chi connectivity index (χ0n) is 10.3. The Bertz CT molecular complexity index is 603. The van der Waals surface area contributed by atoms with Gasteiger partial charge in [0.1, 0.15) is 12.9 Å². The second-order valence-electron chi connectivity index (χ2n) is 3.98. The fourth-order valence-corrected chi connectivity index (χ4v) is 1.52. The van der Waals surface area contributed by atoms with Crippen molar-refractivity contribution in [1.82, 2.24) is 14.8 Å². The fraction of sp³-hybridized carbons (Fsp3) is 0.167. The molecule has 0 aliphatic heterocycles. The number of hydrogen-bond donors (Lipinski definition) is 2. The molecule has 0 atom stereocenters. The van der Waals surface area contributed by atoms with Crippen molar-refractivity contribution in [2.45, 2.75) is 13.5 Å². The second kappa shape index (κ2) is 5.30. The molecule has 7 nitrogen and oxygen atoms in total. The van der Waals surface area contributed by atoms with E-state index in [-0.39, 0.29) is 24.2 Å². The van der Waals surface area contributed by atoms with Gasteiger partial charge in [0, 0.05) is 11.3 Å². The molecule has 0 aliphatic rings. The summed E-state index contributed by atoms with van der Waals surface area (Å²) in [7, 11) is 0. The molecule has 1 aromatic heterocycles. The van der Waals surface area contributed by atoms with Crippen molar-refractivity contribution in [1.29, 1.82) is 0 Å². The average Bonchev–Trinajstić information content (AvgIpc) is 2.75. The Labute approximate surface area is 109 Å². The molecule has 1 amide bonds. The number of carbonyl (C=O) groups excluding carboxylic acids is 2. The predicted octanol–water partition coefficient (Wildman–Crippen LogP) is 0.702. The first-order valence-electron chi connectivity index (χ1n) is 5.60. The van der Waals surface area contributed by atoms with E-state index in [0.29, 0.717) is 11.3 Å². The Morgan fingerprint density at radius 2 is 2.00 bits per heavy atom. The van der Waals surface area contributed by atoms with Crippen molar-refractivity contribution in [2.24, 2.45) is 0 Å². The molecular formula is C12H13N5O2. The molecule has 0 aliphatic carbocycles. The van der Waals surface area contributed by atoms with Crippen LogP contribution in [0.15, 0.2) is 30.6 Å². The molecule has 0 saturated carbocycles. The van der Waals surface area contributed by atoms with Crippen LogP contribution in [0.5, 0.6) is 0 Å². The number of nitrogens with zero attached hydrogens (tertiary/aromatic N) is 3. The molecular weight excluding hydrogens is 246 g/mol. The molecule has 19 heavy (non-hydrogen) atoms. The molecule has 2 aromatic rings. The van der Waals surface area contributed by atoms with Gasteiger partial charge in [0.15, 0.2) is 5.78 Å². The number of Topliss-reactive ketones (excluding diaryl/α,β-unsaturated/α-hetero) is 1. The number of aromatic nitrogens is 3. The lowest BCUT2D eigenvalue weighted by molar-refractivity contribution is -0.116. The predicted molar refractivity (Wildman–Crippen MR) is 69.5 cm³/mol. The number of rotatable bonds is 4. The van der Waals surface area contributed by atoms with Gasteiger partial charge in [-0.05, 0) is 31.2 Å². The molecule has 7 heteroatoms. The van der Waals surface area contributed by atoms with Crippen molar-refractivity contribution < 1.29 is 9.59 Å². The summed E-state index contributed by atoms with van der Waals surface area (Å²) in [5.41, 5.74) is 6.56. The first-order chi connectivity index (χ1) is 9.04. The van der Waals surface area contributed by atoms with E-state index in [1.807, 2.05) is 0 Å². The maximum Gasteiger partial charge on any atom is 0.246 e. The largest absolute Gasteiger partial charge is 0.367 e. The standard InChI is InChI=1S/C12H13N5O2/c1-8(18)9-2-4-10(5-3-9)15-11(19)6-17-7-14-12(13)16-17/h2-5,7H,6H2,1H3,(H2,13,16)(H,15,19). The molecule has 2 rings (SSSR count). The number of nitrogens with two attached hydrogens (primary N) is 1. The molecule has 3 N–H and O–H groups in total.